The molecule has 0 spiro atoms. The molecule has 0 radical (unpaired) electrons. The van der Waals surface area contributed by atoms with Gasteiger partial charge in [-0.15, -0.1) is 0 Å². The van der Waals surface area contributed by atoms with Crippen molar-refractivity contribution in [1.29, 1.82) is 0 Å². The SMILES string of the molecule is COc1ccc(N)c(C(=O)O)c1O. The number of hydrogen-bond donors (Lipinski definition) is 3. The maximum absolute atomic E-state index is 10.6. The van der Waals surface area contributed by atoms with Crippen molar-refractivity contribution in [1.82, 2.24) is 0 Å². The normalized spacial score (nSPS) is 9.62. The number of hydrogen-bond acceptors (Lipinski definition) is 4. The number of carboxylic acids is 1. The predicted octanol–water partition coefficient (Wildman–Crippen LogP) is 0.681. The van der Waals surface area contributed by atoms with E-state index in [9.17, 15) is 9.90 Å². The van der Waals surface area contributed by atoms with Crippen LogP contribution in [0.15, 0.2) is 12.1 Å². The summed E-state index contributed by atoms with van der Waals surface area (Å²) >= 11 is 0. The second-order valence-corrected chi connectivity index (χ2v) is 2.39. The molecule has 0 bridgehead atoms. The first-order valence-electron chi connectivity index (χ1n) is 3.46. The third-order valence-electron chi connectivity index (χ3n) is 1.61. The van der Waals surface area contributed by atoms with Crippen molar-refractivity contribution in [2.24, 2.45) is 0 Å². The summed E-state index contributed by atoms with van der Waals surface area (Å²) in [5.74, 6) is -1.64. The Labute approximate surface area is 74.4 Å². The highest BCUT2D eigenvalue weighted by Gasteiger charge is 2.17. The molecule has 1 aromatic rings. The van der Waals surface area contributed by atoms with E-state index in [1.807, 2.05) is 0 Å². The Balaban J connectivity index is 3.38. The van der Waals surface area contributed by atoms with Gasteiger partial charge in [0.2, 0.25) is 0 Å². The van der Waals surface area contributed by atoms with Crippen molar-refractivity contribution >= 4 is 11.7 Å². The number of nitrogens with two attached hydrogens (primary N) is 1. The highest BCUT2D eigenvalue weighted by atomic mass is 16.5. The van der Waals surface area contributed by atoms with Gasteiger partial charge in [-0.1, -0.05) is 0 Å². The minimum Gasteiger partial charge on any atom is -0.504 e. The van der Waals surface area contributed by atoms with Crippen molar-refractivity contribution < 1.29 is 19.7 Å². The van der Waals surface area contributed by atoms with Crippen molar-refractivity contribution in [2.45, 2.75) is 0 Å². The Morgan fingerprint density at radius 2 is 2.15 bits per heavy atom. The lowest BCUT2D eigenvalue weighted by molar-refractivity contribution is 0.0694. The van der Waals surface area contributed by atoms with Gasteiger partial charge in [0.1, 0.15) is 5.56 Å². The van der Waals surface area contributed by atoms with Gasteiger partial charge < -0.3 is 20.7 Å². The number of anilines is 1. The average molecular weight is 183 g/mol. The topological polar surface area (TPSA) is 92.8 Å². The number of carbonyl (C=O) groups is 1. The highest BCUT2D eigenvalue weighted by molar-refractivity contribution is 5.97. The van der Waals surface area contributed by atoms with Gasteiger partial charge in [-0.05, 0) is 12.1 Å². The molecule has 1 aromatic carbocycles. The quantitative estimate of drug-likeness (QED) is 0.586. The number of nitrogen functional groups attached to an aromatic ring is 1. The molecule has 0 saturated heterocycles. The molecule has 0 aliphatic rings. The van der Waals surface area contributed by atoms with Crippen LogP contribution in [0.2, 0.25) is 0 Å². The Kier molecular flexibility index (Phi) is 2.27. The fourth-order valence-electron chi connectivity index (χ4n) is 0.977. The fourth-order valence-corrected chi connectivity index (χ4v) is 0.977. The Morgan fingerprint density at radius 3 is 2.62 bits per heavy atom. The number of carboxylic acid groups (broad SMARTS) is 1. The number of phenols is 1. The zero-order chi connectivity index (χ0) is 10.0. The summed E-state index contributed by atoms with van der Waals surface area (Å²) in [6.07, 6.45) is 0. The molecule has 13 heavy (non-hydrogen) atoms. The minimum absolute atomic E-state index is 0.00537. The van der Waals surface area contributed by atoms with Crippen LogP contribution in [0.3, 0.4) is 0 Å². The highest BCUT2D eigenvalue weighted by Crippen LogP contribution is 2.33. The van der Waals surface area contributed by atoms with E-state index in [0.29, 0.717) is 0 Å². The summed E-state index contributed by atoms with van der Waals surface area (Å²) in [6, 6.07) is 2.76. The summed E-state index contributed by atoms with van der Waals surface area (Å²) in [6.45, 7) is 0. The summed E-state index contributed by atoms with van der Waals surface area (Å²) in [5.41, 5.74) is 5.02. The van der Waals surface area contributed by atoms with Crippen LogP contribution in [0.25, 0.3) is 0 Å². The smallest absolute Gasteiger partial charge is 0.341 e. The van der Waals surface area contributed by atoms with Crippen LogP contribution < -0.4 is 10.5 Å². The van der Waals surface area contributed by atoms with Crippen LogP contribution in [-0.2, 0) is 0 Å². The molecule has 4 N–H and O–H groups in total. The molecular weight excluding hydrogens is 174 g/mol. The van der Waals surface area contributed by atoms with Crippen LogP contribution in [-0.4, -0.2) is 23.3 Å². The first kappa shape index (κ1) is 9.18. The standard InChI is InChI=1S/C8H9NO4/c1-13-5-3-2-4(9)6(7(5)10)8(11)12/h2-3,10H,9H2,1H3,(H,11,12). The molecule has 0 aliphatic carbocycles. The fraction of sp³-hybridized carbons (Fsp3) is 0.125. The lowest BCUT2D eigenvalue weighted by atomic mass is 10.1. The first-order valence-corrected chi connectivity index (χ1v) is 3.46. The van der Waals surface area contributed by atoms with Crippen molar-refractivity contribution in [3.63, 3.8) is 0 Å². The van der Waals surface area contributed by atoms with Crippen LogP contribution >= 0.6 is 0 Å². The molecule has 0 heterocycles. The van der Waals surface area contributed by atoms with E-state index >= 15 is 0 Å². The van der Waals surface area contributed by atoms with E-state index in [1.54, 1.807) is 0 Å². The molecule has 0 saturated carbocycles. The van der Waals surface area contributed by atoms with Gasteiger partial charge in [0.05, 0.1) is 12.8 Å². The second kappa shape index (κ2) is 3.22. The van der Waals surface area contributed by atoms with Crippen molar-refractivity contribution in [2.75, 3.05) is 12.8 Å². The molecular formula is C8H9NO4. The van der Waals surface area contributed by atoms with Gasteiger partial charge in [0.15, 0.2) is 11.5 Å². The summed E-state index contributed by atoms with van der Waals surface area (Å²) in [7, 11) is 1.33. The molecule has 0 fully saturated rings. The van der Waals surface area contributed by atoms with Gasteiger partial charge in [0, 0.05) is 0 Å². The van der Waals surface area contributed by atoms with E-state index in [1.165, 1.54) is 19.2 Å². The van der Waals surface area contributed by atoms with Gasteiger partial charge >= 0.3 is 5.97 Å². The molecule has 0 unspecified atom stereocenters. The van der Waals surface area contributed by atoms with Gasteiger partial charge in [-0.2, -0.15) is 0 Å². The van der Waals surface area contributed by atoms with Crippen LogP contribution in [0.4, 0.5) is 5.69 Å². The number of aromatic hydroxyl groups is 1. The number of rotatable bonds is 2. The van der Waals surface area contributed by atoms with Crippen LogP contribution in [0, 0.1) is 0 Å². The minimum atomic E-state index is -1.28. The first-order chi connectivity index (χ1) is 6.07. The molecule has 5 heteroatoms. The Morgan fingerprint density at radius 1 is 1.54 bits per heavy atom. The summed E-state index contributed by atoms with van der Waals surface area (Å²) in [4.78, 5) is 10.6. The number of aromatic carboxylic acids is 1. The van der Waals surface area contributed by atoms with Gasteiger partial charge in [-0.25, -0.2) is 4.79 Å². The monoisotopic (exact) mass is 183 g/mol. The van der Waals surface area contributed by atoms with Crippen molar-refractivity contribution in [3.05, 3.63) is 17.7 Å². The zero-order valence-electron chi connectivity index (χ0n) is 6.94. The largest absolute Gasteiger partial charge is 0.504 e. The average Bonchev–Trinajstić information content (AvgIpc) is 2.04. The molecule has 0 aliphatic heterocycles. The predicted molar refractivity (Wildman–Crippen MR) is 46.0 cm³/mol. The van der Waals surface area contributed by atoms with Crippen LogP contribution in [0.5, 0.6) is 11.5 Å². The Bertz CT molecular complexity index is 348. The lowest BCUT2D eigenvalue weighted by Gasteiger charge is -2.07. The zero-order valence-corrected chi connectivity index (χ0v) is 6.94. The van der Waals surface area contributed by atoms with Gasteiger partial charge in [0.25, 0.3) is 0 Å². The maximum atomic E-state index is 10.6. The molecule has 1 rings (SSSR count). The molecule has 5 nitrogen and oxygen atoms in total. The van der Waals surface area contributed by atoms with Crippen molar-refractivity contribution in [3.8, 4) is 11.5 Å². The number of benzene rings is 1. The van der Waals surface area contributed by atoms with Gasteiger partial charge in [-0.3, -0.25) is 0 Å². The third-order valence-corrected chi connectivity index (χ3v) is 1.61. The molecule has 70 valence electrons. The second-order valence-electron chi connectivity index (χ2n) is 2.39. The van der Waals surface area contributed by atoms with E-state index in [4.69, 9.17) is 15.6 Å². The third kappa shape index (κ3) is 1.48. The number of methoxy groups -OCH3 is 1. The lowest BCUT2D eigenvalue weighted by Crippen LogP contribution is -2.03. The summed E-state index contributed by atoms with van der Waals surface area (Å²) < 4.78 is 4.72. The van der Waals surface area contributed by atoms with Crippen LogP contribution in [0.1, 0.15) is 10.4 Å². The van der Waals surface area contributed by atoms with E-state index in [-0.39, 0.29) is 17.0 Å². The van der Waals surface area contributed by atoms with E-state index < -0.39 is 11.7 Å². The summed E-state index contributed by atoms with van der Waals surface area (Å²) in [5, 5.41) is 18.0. The van der Waals surface area contributed by atoms with E-state index in [2.05, 4.69) is 0 Å². The molecule has 0 aromatic heterocycles. The molecule has 0 amide bonds. The molecule has 0 atom stereocenters. The maximum Gasteiger partial charge on any atom is 0.341 e. The van der Waals surface area contributed by atoms with E-state index in [0.717, 1.165) is 0 Å². The Hall–Kier alpha value is -1.91. The number of ether oxygens (including phenoxy) is 1.